The normalized spacial score (nSPS) is 13.8. The molecule has 100 valence electrons. The summed E-state index contributed by atoms with van der Waals surface area (Å²) in [5.41, 5.74) is 0. The van der Waals surface area contributed by atoms with Gasteiger partial charge in [0.25, 0.3) is 5.91 Å². The topological polar surface area (TPSA) is 38.3 Å². The van der Waals surface area contributed by atoms with Crippen LogP contribution in [-0.2, 0) is 4.79 Å². The van der Waals surface area contributed by atoms with Gasteiger partial charge < -0.3 is 10.1 Å². The van der Waals surface area contributed by atoms with E-state index in [2.05, 4.69) is 34.8 Å². The lowest BCUT2D eigenvalue weighted by atomic mass is 10.2. The Morgan fingerprint density at radius 2 is 2.06 bits per heavy atom. The summed E-state index contributed by atoms with van der Waals surface area (Å²) in [6.45, 7) is 5.90. The molecule has 3 nitrogen and oxygen atoms in total. The molecule has 1 aromatic rings. The first kappa shape index (κ1) is 15.3. The molecular formula is C14H20INO2. The molecule has 0 aromatic heterocycles. The third-order valence-corrected chi connectivity index (χ3v) is 3.51. The Balaban J connectivity index is 2.52. The van der Waals surface area contributed by atoms with E-state index in [0.717, 1.165) is 22.2 Å². The van der Waals surface area contributed by atoms with Crippen LogP contribution in [0.1, 0.15) is 33.6 Å². The maximum atomic E-state index is 11.9. The molecule has 0 heterocycles. The van der Waals surface area contributed by atoms with Gasteiger partial charge in [0, 0.05) is 6.04 Å². The van der Waals surface area contributed by atoms with Crippen LogP contribution in [-0.4, -0.2) is 18.1 Å². The summed E-state index contributed by atoms with van der Waals surface area (Å²) < 4.78 is 6.68. The Morgan fingerprint density at radius 1 is 1.39 bits per heavy atom. The number of carbonyl (C=O) groups is 1. The molecule has 0 saturated heterocycles. The van der Waals surface area contributed by atoms with Crippen LogP contribution < -0.4 is 10.1 Å². The Bertz CT molecular complexity index is 395. The Labute approximate surface area is 122 Å². The van der Waals surface area contributed by atoms with Crippen molar-refractivity contribution in [2.75, 3.05) is 0 Å². The first-order valence-corrected chi connectivity index (χ1v) is 7.34. The second-order valence-electron chi connectivity index (χ2n) is 4.39. The number of hydrogen-bond donors (Lipinski definition) is 1. The summed E-state index contributed by atoms with van der Waals surface area (Å²) in [4.78, 5) is 11.9. The van der Waals surface area contributed by atoms with E-state index < -0.39 is 6.10 Å². The molecule has 0 saturated carbocycles. The maximum absolute atomic E-state index is 11.9. The van der Waals surface area contributed by atoms with E-state index >= 15 is 0 Å². The van der Waals surface area contributed by atoms with Crippen LogP contribution in [0, 0.1) is 3.57 Å². The fraction of sp³-hybridized carbons (Fsp3) is 0.500. The zero-order chi connectivity index (χ0) is 13.5. The predicted octanol–water partition coefficient (Wildman–Crippen LogP) is 3.36. The highest BCUT2D eigenvalue weighted by Crippen LogP contribution is 2.20. The fourth-order valence-corrected chi connectivity index (χ4v) is 2.16. The zero-order valence-electron chi connectivity index (χ0n) is 11.1. The van der Waals surface area contributed by atoms with Gasteiger partial charge in [-0.2, -0.15) is 0 Å². The van der Waals surface area contributed by atoms with Crippen molar-refractivity contribution in [3.8, 4) is 5.75 Å². The molecule has 0 fully saturated rings. The Morgan fingerprint density at radius 3 is 2.67 bits per heavy atom. The van der Waals surface area contributed by atoms with Gasteiger partial charge in [0.1, 0.15) is 5.75 Å². The monoisotopic (exact) mass is 361 g/mol. The molecule has 0 aliphatic heterocycles. The van der Waals surface area contributed by atoms with Gasteiger partial charge in [-0.25, -0.2) is 0 Å². The average Bonchev–Trinajstić information content (AvgIpc) is 2.32. The molecule has 1 amide bonds. The molecular weight excluding hydrogens is 341 g/mol. The van der Waals surface area contributed by atoms with Gasteiger partial charge in [0.15, 0.2) is 6.10 Å². The second kappa shape index (κ2) is 7.61. The minimum atomic E-state index is -0.472. The molecule has 2 atom stereocenters. The fourth-order valence-electron chi connectivity index (χ4n) is 1.65. The summed E-state index contributed by atoms with van der Waals surface area (Å²) in [5, 5.41) is 2.95. The highest BCUT2D eigenvalue weighted by Gasteiger charge is 2.17. The number of nitrogens with one attached hydrogen (secondary N) is 1. The average molecular weight is 361 g/mol. The Kier molecular flexibility index (Phi) is 6.46. The van der Waals surface area contributed by atoms with Crippen LogP contribution in [0.4, 0.5) is 0 Å². The molecule has 1 rings (SSSR count). The van der Waals surface area contributed by atoms with Crippen molar-refractivity contribution >= 4 is 28.5 Å². The highest BCUT2D eigenvalue weighted by atomic mass is 127. The molecule has 0 spiro atoms. The number of halogens is 1. The Hall–Kier alpha value is -0.780. The van der Waals surface area contributed by atoms with Gasteiger partial charge in [-0.15, -0.1) is 0 Å². The van der Waals surface area contributed by atoms with Gasteiger partial charge in [0.2, 0.25) is 0 Å². The number of hydrogen-bond acceptors (Lipinski definition) is 2. The minimum Gasteiger partial charge on any atom is -0.480 e. The first-order chi connectivity index (χ1) is 8.54. The van der Waals surface area contributed by atoms with Crippen molar-refractivity contribution in [3.63, 3.8) is 0 Å². The highest BCUT2D eigenvalue weighted by molar-refractivity contribution is 14.1. The van der Waals surface area contributed by atoms with Crippen molar-refractivity contribution in [1.29, 1.82) is 0 Å². The number of rotatable bonds is 6. The van der Waals surface area contributed by atoms with E-state index in [1.165, 1.54) is 0 Å². The van der Waals surface area contributed by atoms with Gasteiger partial charge in [-0.05, 0) is 55.0 Å². The van der Waals surface area contributed by atoms with Gasteiger partial charge in [-0.1, -0.05) is 25.5 Å². The van der Waals surface area contributed by atoms with Crippen LogP contribution in [0.5, 0.6) is 5.75 Å². The molecule has 0 aliphatic rings. The van der Waals surface area contributed by atoms with Crippen molar-refractivity contribution in [2.45, 2.75) is 45.8 Å². The predicted molar refractivity (Wildman–Crippen MR) is 81.8 cm³/mol. The van der Waals surface area contributed by atoms with E-state index in [0.29, 0.717) is 0 Å². The minimum absolute atomic E-state index is 0.0596. The van der Waals surface area contributed by atoms with Gasteiger partial charge in [-0.3, -0.25) is 4.79 Å². The lowest BCUT2D eigenvalue weighted by molar-refractivity contribution is -0.127. The summed E-state index contributed by atoms with van der Waals surface area (Å²) in [6.07, 6.45) is 1.58. The van der Waals surface area contributed by atoms with Crippen molar-refractivity contribution in [2.24, 2.45) is 0 Å². The molecule has 1 N–H and O–H groups in total. The number of carbonyl (C=O) groups excluding carboxylic acids is 1. The lowest BCUT2D eigenvalue weighted by Crippen LogP contribution is -2.41. The van der Waals surface area contributed by atoms with Crippen LogP contribution in [0.15, 0.2) is 24.3 Å². The summed E-state index contributed by atoms with van der Waals surface area (Å²) >= 11 is 2.20. The summed E-state index contributed by atoms with van der Waals surface area (Å²) in [5.74, 6) is 0.694. The maximum Gasteiger partial charge on any atom is 0.260 e. The van der Waals surface area contributed by atoms with Crippen molar-refractivity contribution < 1.29 is 9.53 Å². The smallest absolute Gasteiger partial charge is 0.260 e. The van der Waals surface area contributed by atoms with Crippen LogP contribution in [0.2, 0.25) is 0 Å². The molecule has 2 unspecified atom stereocenters. The van der Waals surface area contributed by atoms with Crippen LogP contribution in [0.25, 0.3) is 0 Å². The molecule has 0 bridgehead atoms. The molecule has 0 radical (unpaired) electrons. The number of benzene rings is 1. The third-order valence-electron chi connectivity index (χ3n) is 2.62. The number of para-hydroxylation sites is 1. The molecule has 18 heavy (non-hydrogen) atoms. The number of amides is 1. The number of ether oxygens (including phenoxy) is 1. The third kappa shape index (κ3) is 4.84. The standard InChI is InChI=1S/C14H20INO2/c1-4-7-10(2)16-14(17)11(3)18-13-9-6-5-8-12(13)15/h5-6,8-11H,4,7H2,1-3H3,(H,16,17). The summed E-state index contributed by atoms with van der Waals surface area (Å²) in [7, 11) is 0. The largest absolute Gasteiger partial charge is 0.480 e. The van der Waals surface area contributed by atoms with E-state index in [1.54, 1.807) is 6.92 Å². The summed E-state index contributed by atoms with van der Waals surface area (Å²) in [6, 6.07) is 7.88. The molecule has 1 aromatic carbocycles. The van der Waals surface area contributed by atoms with Gasteiger partial charge >= 0.3 is 0 Å². The van der Waals surface area contributed by atoms with Crippen LogP contribution in [0.3, 0.4) is 0 Å². The quantitative estimate of drug-likeness (QED) is 0.790. The van der Waals surface area contributed by atoms with E-state index in [-0.39, 0.29) is 11.9 Å². The van der Waals surface area contributed by atoms with Crippen molar-refractivity contribution in [1.82, 2.24) is 5.32 Å². The zero-order valence-corrected chi connectivity index (χ0v) is 13.2. The lowest BCUT2D eigenvalue weighted by Gasteiger charge is -2.18. The SMILES string of the molecule is CCCC(C)NC(=O)C(C)Oc1ccccc1I. The van der Waals surface area contributed by atoms with E-state index in [9.17, 15) is 4.79 Å². The van der Waals surface area contributed by atoms with Crippen molar-refractivity contribution in [3.05, 3.63) is 27.8 Å². The molecule has 0 aliphatic carbocycles. The second-order valence-corrected chi connectivity index (χ2v) is 5.55. The van der Waals surface area contributed by atoms with E-state index in [4.69, 9.17) is 4.74 Å². The molecule has 4 heteroatoms. The van der Waals surface area contributed by atoms with E-state index in [1.807, 2.05) is 31.2 Å². The van der Waals surface area contributed by atoms with Gasteiger partial charge in [0.05, 0.1) is 3.57 Å². The van der Waals surface area contributed by atoms with Crippen LogP contribution >= 0.6 is 22.6 Å². The first-order valence-electron chi connectivity index (χ1n) is 6.26.